The molecule has 0 radical (unpaired) electrons. The van der Waals surface area contributed by atoms with E-state index in [1.54, 1.807) is 10.9 Å². The molecule has 7 heteroatoms. The van der Waals surface area contributed by atoms with Crippen LogP contribution in [-0.2, 0) is 19.6 Å². The van der Waals surface area contributed by atoms with Crippen LogP contribution in [0.2, 0.25) is 0 Å². The number of benzene rings is 1. The number of anilines is 1. The first-order valence-corrected chi connectivity index (χ1v) is 5.71. The molecule has 0 aliphatic rings. The molecule has 0 aliphatic heterocycles. The topological polar surface area (TPSA) is 42.7 Å². The van der Waals surface area contributed by atoms with Crippen LogP contribution in [0, 0.1) is 0 Å². The summed E-state index contributed by atoms with van der Waals surface area (Å²) < 4.78 is 38.9. The average Bonchev–Trinajstić information content (AvgIpc) is 2.75. The molecule has 102 valence electrons. The van der Waals surface area contributed by atoms with Gasteiger partial charge in [0.25, 0.3) is 0 Å². The predicted molar refractivity (Wildman–Crippen MR) is 64.6 cm³/mol. The quantitative estimate of drug-likeness (QED) is 0.928. The number of nitrogens with one attached hydrogen (secondary N) is 1. The first kappa shape index (κ1) is 13.4. The zero-order valence-electron chi connectivity index (χ0n) is 10.3. The number of rotatable bonds is 4. The number of halogens is 3. The Balaban J connectivity index is 1.89. The van der Waals surface area contributed by atoms with Crippen molar-refractivity contribution < 1.29 is 13.2 Å². The monoisotopic (exact) mass is 270 g/mol. The number of hydrogen-bond acceptors (Lipinski definition) is 3. The highest BCUT2D eigenvalue weighted by atomic mass is 19.4. The van der Waals surface area contributed by atoms with Gasteiger partial charge >= 0.3 is 6.18 Å². The van der Waals surface area contributed by atoms with Crippen molar-refractivity contribution in [1.29, 1.82) is 0 Å². The first-order chi connectivity index (χ1) is 8.97. The summed E-state index contributed by atoms with van der Waals surface area (Å²) in [4.78, 5) is 0. The zero-order valence-corrected chi connectivity index (χ0v) is 10.3. The molecular weight excluding hydrogens is 257 g/mol. The number of nitrogens with zero attached hydrogens (tertiary/aromatic N) is 3. The van der Waals surface area contributed by atoms with Gasteiger partial charge in [0.05, 0.1) is 5.56 Å². The summed E-state index contributed by atoms with van der Waals surface area (Å²) in [7, 11) is 1.84. The Morgan fingerprint density at radius 1 is 1.21 bits per heavy atom. The van der Waals surface area contributed by atoms with Gasteiger partial charge in [0.1, 0.15) is 12.2 Å². The summed E-state index contributed by atoms with van der Waals surface area (Å²) in [5, 5.41) is 10.7. The van der Waals surface area contributed by atoms with Crippen molar-refractivity contribution in [2.45, 2.75) is 12.6 Å². The molecule has 1 N–H and O–H groups in total. The Kier molecular flexibility index (Phi) is 3.73. The van der Waals surface area contributed by atoms with E-state index in [-0.39, 0.29) is 0 Å². The van der Waals surface area contributed by atoms with Crippen molar-refractivity contribution in [3.8, 4) is 0 Å². The Hall–Kier alpha value is -2.05. The predicted octanol–water partition coefficient (Wildman–Crippen LogP) is 2.49. The van der Waals surface area contributed by atoms with E-state index < -0.39 is 11.7 Å². The number of aryl methyl sites for hydroxylation is 1. The molecule has 0 spiro atoms. The minimum absolute atomic E-state index is 0.581. The fourth-order valence-electron chi connectivity index (χ4n) is 1.63. The molecule has 1 heterocycles. The SMILES string of the molecule is Cn1cnnc1CCNc1ccc(C(F)(F)F)cc1. The second-order valence-corrected chi connectivity index (χ2v) is 4.11. The van der Waals surface area contributed by atoms with Gasteiger partial charge in [0, 0.05) is 25.7 Å². The largest absolute Gasteiger partial charge is 0.416 e. The summed E-state index contributed by atoms with van der Waals surface area (Å²) in [5.74, 6) is 0.819. The van der Waals surface area contributed by atoms with Crippen LogP contribution in [0.15, 0.2) is 30.6 Å². The molecule has 2 rings (SSSR count). The summed E-state index contributed by atoms with van der Waals surface area (Å²) in [5.41, 5.74) is 0.00141. The van der Waals surface area contributed by atoms with Gasteiger partial charge in [-0.1, -0.05) is 0 Å². The molecule has 2 aromatic rings. The molecule has 0 saturated heterocycles. The standard InChI is InChI=1S/C12H13F3N4/c1-19-8-17-18-11(19)6-7-16-10-4-2-9(3-5-10)12(13,14)15/h2-5,8,16H,6-7H2,1H3. The smallest absolute Gasteiger partial charge is 0.385 e. The Morgan fingerprint density at radius 2 is 1.89 bits per heavy atom. The highest BCUT2D eigenvalue weighted by molar-refractivity contribution is 5.45. The second kappa shape index (κ2) is 5.29. The molecule has 0 saturated carbocycles. The minimum atomic E-state index is -4.29. The van der Waals surface area contributed by atoms with Gasteiger partial charge in [-0.2, -0.15) is 13.2 Å². The average molecular weight is 270 g/mol. The Bertz CT molecular complexity index is 531. The highest BCUT2D eigenvalue weighted by Gasteiger charge is 2.29. The van der Waals surface area contributed by atoms with Crippen molar-refractivity contribution in [2.24, 2.45) is 7.05 Å². The van der Waals surface area contributed by atoms with Crippen LogP contribution in [0.3, 0.4) is 0 Å². The fraction of sp³-hybridized carbons (Fsp3) is 0.333. The number of aromatic nitrogens is 3. The third kappa shape index (κ3) is 3.46. The van der Waals surface area contributed by atoms with E-state index in [1.165, 1.54) is 12.1 Å². The lowest BCUT2D eigenvalue weighted by Gasteiger charge is -2.09. The normalized spacial score (nSPS) is 11.6. The molecule has 0 bridgehead atoms. The maximum Gasteiger partial charge on any atom is 0.416 e. The fourth-order valence-corrected chi connectivity index (χ4v) is 1.63. The van der Waals surface area contributed by atoms with Crippen molar-refractivity contribution in [3.63, 3.8) is 0 Å². The van der Waals surface area contributed by atoms with Gasteiger partial charge in [-0.15, -0.1) is 10.2 Å². The van der Waals surface area contributed by atoms with E-state index in [4.69, 9.17) is 0 Å². The molecule has 1 aromatic heterocycles. The summed E-state index contributed by atoms with van der Waals surface area (Å²) in [6.07, 6.45) is -2.04. The molecular formula is C12H13F3N4. The molecule has 0 fully saturated rings. The van der Waals surface area contributed by atoms with Crippen LogP contribution in [0.5, 0.6) is 0 Å². The summed E-state index contributed by atoms with van der Waals surface area (Å²) in [6, 6.07) is 4.95. The van der Waals surface area contributed by atoms with Crippen LogP contribution in [0.4, 0.5) is 18.9 Å². The van der Waals surface area contributed by atoms with E-state index in [1.807, 2.05) is 7.05 Å². The van der Waals surface area contributed by atoms with Gasteiger partial charge in [-0.25, -0.2) is 0 Å². The molecule has 0 unspecified atom stereocenters. The maximum absolute atomic E-state index is 12.4. The lowest BCUT2D eigenvalue weighted by atomic mass is 10.2. The van der Waals surface area contributed by atoms with E-state index in [0.717, 1.165) is 18.0 Å². The van der Waals surface area contributed by atoms with Crippen molar-refractivity contribution >= 4 is 5.69 Å². The lowest BCUT2D eigenvalue weighted by Crippen LogP contribution is -2.09. The van der Waals surface area contributed by atoms with Crippen molar-refractivity contribution in [2.75, 3.05) is 11.9 Å². The van der Waals surface area contributed by atoms with Gasteiger partial charge in [0.15, 0.2) is 0 Å². The second-order valence-electron chi connectivity index (χ2n) is 4.11. The maximum atomic E-state index is 12.4. The molecule has 1 aromatic carbocycles. The van der Waals surface area contributed by atoms with Crippen LogP contribution < -0.4 is 5.32 Å². The minimum Gasteiger partial charge on any atom is -0.385 e. The highest BCUT2D eigenvalue weighted by Crippen LogP contribution is 2.29. The van der Waals surface area contributed by atoms with Crippen LogP contribution in [-0.4, -0.2) is 21.3 Å². The molecule has 19 heavy (non-hydrogen) atoms. The summed E-state index contributed by atoms with van der Waals surface area (Å²) in [6.45, 7) is 0.581. The Labute approximate surface area is 108 Å². The Morgan fingerprint density at radius 3 is 2.42 bits per heavy atom. The number of hydrogen-bond donors (Lipinski definition) is 1. The van der Waals surface area contributed by atoms with E-state index in [9.17, 15) is 13.2 Å². The van der Waals surface area contributed by atoms with Crippen LogP contribution in [0.1, 0.15) is 11.4 Å². The van der Waals surface area contributed by atoms with Gasteiger partial charge < -0.3 is 9.88 Å². The van der Waals surface area contributed by atoms with Crippen LogP contribution >= 0.6 is 0 Å². The van der Waals surface area contributed by atoms with Gasteiger partial charge in [-0.3, -0.25) is 0 Å². The third-order valence-corrected chi connectivity index (χ3v) is 2.70. The molecule has 0 aliphatic carbocycles. The zero-order chi connectivity index (χ0) is 13.9. The van der Waals surface area contributed by atoms with Gasteiger partial charge in [0.2, 0.25) is 0 Å². The third-order valence-electron chi connectivity index (χ3n) is 2.70. The van der Waals surface area contributed by atoms with Gasteiger partial charge in [-0.05, 0) is 24.3 Å². The van der Waals surface area contributed by atoms with E-state index in [2.05, 4.69) is 15.5 Å². The van der Waals surface area contributed by atoms with Crippen LogP contribution in [0.25, 0.3) is 0 Å². The number of alkyl halides is 3. The van der Waals surface area contributed by atoms with E-state index in [0.29, 0.717) is 18.7 Å². The van der Waals surface area contributed by atoms with Crippen molar-refractivity contribution in [1.82, 2.24) is 14.8 Å². The van der Waals surface area contributed by atoms with Crippen molar-refractivity contribution in [3.05, 3.63) is 42.0 Å². The lowest BCUT2D eigenvalue weighted by molar-refractivity contribution is -0.137. The van der Waals surface area contributed by atoms with E-state index >= 15 is 0 Å². The molecule has 0 atom stereocenters. The molecule has 4 nitrogen and oxygen atoms in total. The summed E-state index contributed by atoms with van der Waals surface area (Å²) >= 11 is 0. The molecule has 0 amide bonds. The first-order valence-electron chi connectivity index (χ1n) is 5.71.